The fourth-order valence-corrected chi connectivity index (χ4v) is 1.55. The van der Waals surface area contributed by atoms with Gasteiger partial charge < -0.3 is 0 Å². The van der Waals surface area contributed by atoms with E-state index in [-0.39, 0.29) is 5.62 Å². The molecule has 0 spiro atoms. The smallest absolute Gasteiger partial charge is 0.149 e. The molecule has 0 aromatic heterocycles. The van der Waals surface area contributed by atoms with Crippen molar-refractivity contribution in [3.8, 4) is 0 Å². The van der Waals surface area contributed by atoms with Crippen molar-refractivity contribution in [2.24, 2.45) is 0 Å². The van der Waals surface area contributed by atoms with E-state index in [0.717, 1.165) is 13.2 Å². The van der Waals surface area contributed by atoms with E-state index in [2.05, 4.69) is 22.9 Å². The molecule has 1 aliphatic rings. The third kappa shape index (κ3) is 2.42. The summed E-state index contributed by atoms with van der Waals surface area (Å²) in [5, 5.41) is 5.12. The van der Waals surface area contributed by atoms with Crippen molar-refractivity contribution in [2.75, 3.05) is 6.67 Å². The summed E-state index contributed by atoms with van der Waals surface area (Å²) in [4.78, 5) is 0. The van der Waals surface area contributed by atoms with Crippen molar-refractivity contribution in [3.05, 3.63) is 35.9 Å². The lowest BCUT2D eigenvalue weighted by molar-refractivity contribution is 0.238. The molecular formula is C9H12ClN3. The molecule has 1 aromatic carbocycles. The van der Waals surface area contributed by atoms with Crippen LogP contribution in [0.2, 0.25) is 0 Å². The molecule has 1 atom stereocenters. The third-order valence-electron chi connectivity index (χ3n) is 1.97. The fourth-order valence-electron chi connectivity index (χ4n) is 1.35. The predicted octanol–water partition coefficient (Wildman–Crippen LogP) is 1.08. The summed E-state index contributed by atoms with van der Waals surface area (Å²) >= 11 is 5.81. The number of nitrogens with zero attached hydrogens (tertiary/aromatic N) is 1. The van der Waals surface area contributed by atoms with Crippen LogP contribution in [0.4, 0.5) is 0 Å². The Morgan fingerprint density at radius 3 is 2.77 bits per heavy atom. The first-order valence-electron chi connectivity index (χ1n) is 4.27. The number of hydrogen-bond acceptors (Lipinski definition) is 3. The lowest BCUT2D eigenvalue weighted by Crippen LogP contribution is -2.32. The Morgan fingerprint density at radius 1 is 1.38 bits per heavy atom. The molecule has 0 bridgehead atoms. The first-order valence-corrected chi connectivity index (χ1v) is 4.71. The van der Waals surface area contributed by atoms with Crippen molar-refractivity contribution < 1.29 is 0 Å². The van der Waals surface area contributed by atoms with Gasteiger partial charge in [-0.25, -0.2) is 10.4 Å². The molecule has 0 saturated carbocycles. The van der Waals surface area contributed by atoms with Crippen LogP contribution < -0.4 is 10.7 Å². The van der Waals surface area contributed by atoms with Crippen molar-refractivity contribution in [1.29, 1.82) is 0 Å². The zero-order valence-corrected chi connectivity index (χ0v) is 7.96. The van der Waals surface area contributed by atoms with E-state index in [1.165, 1.54) is 5.56 Å². The highest BCUT2D eigenvalue weighted by Crippen LogP contribution is 2.05. The largest absolute Gasteiger partial charge is 0.274 e. The Hall–Kier alpha value is -0.610. The van der Waals surface area contributed by atoms with E-state index in [1.54, 1.807) is 0 Å². The molecule has 2 rings (SSSR count). The van der Waals surface area contributed by atoms with Gasteiger partial charge in [0.1, 0.15) is 5.62 Å². The van der Waals surface area contributed by atoms with Gasteiger partial charge in [0.2, 0.25) is 0 Å². The third-order valence-corrected chi connectivity index (χ3v) is 2.23. The fraction of sp³-hybridized carbons (Fsp3) is 0.333. The van der Waals surface area contributed by atoms with Crippen LogP contribution in [0.25, 0.3) is 0 Å². The van der Waals surface area contributed by atoms with Crippen LogP contribution >= 0.6 is 11.6 Å². The van der Waals surface area contributed by atoms with Gasteiger partial charge in [0, 0.05) is 6.54 Å². The van der Waals surface area contributed by atoms with E-state index in [1.807, 2.05) is 23.2 Å². The minimum absolute atomic E-state index is 0.135. The summed E-state index contributed by atoms with van der Waals surface area (Å²) in [6, 6.07) is 10.3. The van der Waals surface area contributed by atoms with Gasteiger partial charge in [0.25, 0.3) is 0 Å². The highest BCUT2D eigenvalue weighted by Gasteiger charge is 2.17. The van der Waals surface area contributed by atoms with Gasteiger partial charge in [-0.15, -0.1) is 0 Å². The van der Waals surface area contributed by atoms with E-state index < -0.39 is 0 Å². The average Bonchev–Trinajstić information content (AvgIpc) is 2.53. The summed E-state index contributed by atoms with van der Waals surface area (Å²) in [6.45, 7) is 1.65. The van der Waals surface area contributed by atoms with Crippen LogP contribution in [0, 0.1) is 0 Å². The normalized spacial score (nSPS) is 23.6. The molecule has 1 heterocycles. The Bertz CT molecular complexity index is 265. The molecule has 1 fully saturated rings. The van der Waals surface area contributed by atoms with Gasteiger partial charge in [-0.1, -0.05) is 41.9 Å². The van der Waals surface area contributed by atoms with Crippen molar-refractivity contribution >= 4 is 11.6 Å². The van der Waals surface area contributed by atoms with E-state index in [9.17, 15) is 0 Å². The Balaban J connectivity index is 1.92. The molecule has 4 heteroatoms. The molecule has 1 saturated heterocycles. The zero-order valence-electron chi connectivity index (χ0n) is 7.20. The van der Waals surface area contributed by atoms with E-state index in [0.29, 0.717) is 0 Å². The number of alkyl halides is 1. The molecule has 70 valence electrons. The molecule has 13 heavy (non-hydrogen) atoms. The minimum atomic E-state index is -0.135. The quantitative estimate of drug-likeness (QED) is 0.549. The van der Waals surface area contributed by atoms with Crippen LogP contribution in [0.1, 0.15) is 5.56 Å². The summed E-state index contributed by atoms with van der Waals surface area (Å²) in [7, 11) is 0. The summed E-state index contributed by atoms with van der Waals surface area (Å²) in [5.74, 6) is 0. The number of rotatable bonds is 2. The van der Waals surface area contributed by atoms with Gasteiger partial charge in [-0.05, 0) is 5.56 Å². The van der Waals surface area contributed by atoms with E-state index >= 15 is 0 Å². The maximum atomic E-state index is 5.81. The SMILES string of the molecule is ClC1NCN(Cc2ccccc2)N1. The summed E-state index contributed by atoms with van der Waals surface area (Å²) < 4.78 is 0. The second-order valence-corrected chi connectivity index (χ2v) is 3.47. The Morgan fingerprint density at radius 2 is 2.15 bits per heavy atom. The summed E-state index contributed by atoms with van der Waals surface area (Å²) in [5.41, 5.74) is 4.23. The molecule has 3 nitrogen and oxygen atoms in total. The highest BCUT2D eigenvalue weighted by atomic mass is 35.5. The maximum Gasteiger partial charge on any atom is 0.149 e. The number of hydrogen-bond donors (Lipinski definition) is 2. The topological polar surface area (TPSA) is 27.3 Å². The standard InChI is InChI=1S/C9H12ClN3/c10-9-11-7-13(12-9)6-8-4-2-1-3-5-8/h1-5,9,11-12H,6-7H2. The van der Waals surface area contributed by atoms with Gasteiger partial charge in [0.05, 0.1) is 6.67 Å². The van der Waals surface area contributed by atoms with Crippen molar-refractivity contribution in [2.45, 2.75) is 12.2 Å². The maximum absolute atomic E-state index is 5.81. The van der Waals surface area contributed by atoms with Gasteiger partial charge in [-0.2, -0.15) is 0 Å². The van der Waals surface area contributed by atoms with E-state index in [4.69, 9.17) is 11.6 Å². The minimum Gasteiger partial charge on any atom is -0.274 e. The number of hydrazine groups is 1. The Kier molecular flexibility index (Phi) is 2.80. The molecule has 1 unspecified atom stereocenters. The second-order valence-electron chi connectivity index (χ2n) is 3.04. The average molecular weight is 198 g/mol. The lowest BCUT2D eigenvalue weighted by atomic mass is 10.2. The number of halogens is 1. The van der Waals surface area contributed by atoms with Gasteiger partial charge >= 0.3 is 0 Å². The van der Waals surface area contributed by atoms with Crippen LogP contribution in [0.3, 0.4) is 0 Å². The van der Waals surface area contributed by atoms with Crippen LogP contribution in [-0.4, -0.2) is 17.3 Å². The van der Waals surface area contributed by atoms with Gasteiger partial charge in [-0.3, -0.25) is 5.32 Å². The molecule has 0 radical (unpaired) electrons. The first kappa shape index (κ1) is 8.97. The summed E-state index contributed by atoms with van der Waals surface area (Å²) in [6.07, 6.45) is 0. The number of benzene rings is 1. The molecule has 1 aliphatic heterocycles. The highest BCUT2D eigenvalue weighted by molar-refractivity contribution is 6.20. The van der Waals surface area contributed by atoms with Gasteiger partial charge in [0.15, 0.2) is 0 Å². The second kappa shape index (κ2) is 4.07. The van der Waals surface area contributed by atoms with Crippen LogP contribution in [0.5, 0.6) is 0 Å². The van der Waals surface area contributed by atoms with Crippen molar-refractivity contribution in [3.63, 3.8) is 0 Å². The number of nitrogens with one attached hydrogen (secondary N) is 2. The zero-order chi connectivity index (χ0) is 9.10. The first-order chi connectivity index (χ1) is 6.34. The van der Waals surface area contributed by atoms with Crippen LogP contribution in [-0.2, 0) is 6.54 Å². The molecule has 2 N–H and O–H groups in total. The van der Waals surface area contributed by atoms with Crippen molar-refractivity contribution in [1.82, 2.24) is 15.8 Å². The lowest BCUT2D eigenvalue weighted by Gasteiger charge is -2.13. The van der Waals surface area contributed by atoms with Crippen LogP contribution in [0.15, 0.2) is 30.3 Å². The monoisotopic (exact) mass is 197 g/mol. The molecule has 0 amide bonds. The molecule has 1 aromatic rings. The Labute approximate surface area is 82.7 Å². The predicted molar refractivity (Wildman–Crippen MR) is 52.8 cm³/mol. The molecular weight excluding hydrogens is 186 g/mol. The molecule has 0 aliphatic carbocycles.